The average molecular weight is 484 g/mol. The Bertz CT molecular complexity index is 1070. The number of hydrogen-bond acceptors (Lipinski definition) is 5. The van der Waals surface area contributed by atoms with Crippen LogP contribution in [0.5, 0.6) is 11.6 Å². The molecule has 7 nitrogen and oxygen atoms in total. The van der Waals surface area contributed by atoms with Gasteiger partial charge in [-0.15, -0.1) is 0 Å². The monoisotopic (exact) mass is 483 g/mol. The first-order valence-electron chi connectivity index (χ1n) is 10.0. The second-order valence-electron chi connectivity index (χ2n) is 7.36. The van der Waals surface area contributed by atoms with Crippen molar-refractivity contribution in [3.05, 3.63) is 76.3 Å². The summed E-state index contributed by atoms with van der Waals surface area (Å²) in [5.74, 6) is 1.52. The Labute approximate surface area is 188 Å². The number of pyridine rings is 1. The van der Waals surface area contributed by atoms with Crippen LogP contribution in [-0.4, -0.2) is 40.8 Å². The summed E-state index contributed by atoms with van der Waals surface area (Å²) < 4.78 is 12.2. The maximum absolute atomic E-state index is 13.1. The molecule has 1 aliphatic heterocycles. The highest BCUT2D eigenvalue weighted by atomic mass is 79.9. The van der Waals surface area contributed by atoms with Crippen molar-refractivity contribution in [2.45, 2.75) is 25.8 Å². The lowest BCUT2D eigenvalue weighted by molar-refractivity contribution is 0.0692. The number of furan rings is 1. The first-order chi connectivity index (χ1) is 15.0. The number of nitrogens with zero attached hydrogens (tertiary/aromatic N) is 2. The molecule has 1 N–H and O–H groups in total. The van der Waals surface area contributed by atoms with Gasteiger partial charge >= 0.3 is 0 Å². The normalized spacial score (nSPS) is 14.3. The van der Waals surface area contributed by atoms with E-state index in [2.05, 4.69) is 26.2 Å². The van der Waals surface area contributed by atoms with Crippen LogP contribution in [0.15, 0.2) is 63.6 Å². The van der Waals surface area contributed by atoms with Crippen molar-refractivity contribution < 1.29 is 18.7 Å². The molecule has 4 rings (SSSR count). The van der Waals surface area contributed by atoms with Gasteiger partial charge in [-0.25, -0.2) is 4.98 Å². The van der Waals surface area contributed by atoms with Crippen LogP contribution in [0.25, 0.3) is 0 Å². The van der Waals surface area contributed by atoms with E-state index in [1.807, 2.05) is 24.3 Å². The number of nitrogens with one attached hydrogen (secondary N) is 1. The van der Waals surface area contributed by atoms with Crippen molar-refractivity contribution in [2.24, 2.45) is 0 Å². The van der Waals surface area contributed by atoms with E-state index in [9.17, 15) is 9.59 Å². The van der Waals surface area contributed by atoms with Crippen LogP contribution in [0.2, 0.25) is 0 Å². The van der Waals surface area contributed by atoms with Gasteiger partial charge in [-0.1, -0.05) is 15.9 Å². The molecule has 0 saturated carbocycles. The third kappa shape index (κ3) is 5.14. The molecular formula is C23H22BrN3O4. The predicted octanol–water partition coefficient (Wildman–Crippen LogP) is 4.57. The summed E-state index contributed by atoms with van der Waals surface area (Å²) in [6, 6.07) is 14.2. The van der Waals surface area contributed by atoms with E-state index >= 15 is 0 Å². The molecule has 3 aromatic rings. The number of hydrogen-bond donors (Lipinski definition) is 1. The largest absolute Gasteiger partial charge is 0.456 e. The Morgan fingerprint density at radius 1 is 1.13 bits per heavy atom. The molecule has 31 heavy (non-hydrogen) atoms. The van der Waals surface area contributed by atoms with Gasteiger partial charge in [-0.05, 0) is 68.3 Å². The number of aryl methyl sites for hydroxylation is 1. The summed E-state index contributed by atoms with van der Waals surface area (Å²) in [5, 5.41) is 2.98. The smallest absolute Gasteiger partial charge is 0.287 e. The lowest BCUT2D eigenvalue weighted by Crippen LogP contribution is -2.46. The van der Waals surface area contributed by atoms with Gasteiger partial charge in [0, 0.05) is 29.8 Å². The van der Waals surface area contributed by atoms with Gasteiger partial charge in [-0.2, -0.15) is 0 Å². The molecule has 1 fully saturated rings. The Balaban J connectivity index is 1.37. The Kier molecular flexibility index (Phi) is 6.36. The molecule has 1 saturated heterocycles. The van der Waals surface area contributed by atoms with E-state index < -0.39 is 0 Å². The molecule has 0 aliphatic carbocycles. The number of amides is 2. The van der Waals surface area contributed by atoms with E-state index in [0.29, 0.717) is 48.8 Å². The maximum atomic E-state index is 13.1. The number of likely N-dealkylation sites (tertiary alicyclic amines) is 1. The summed E-state index contributed by atoms with van der Waals surface area (Å²) >= 11 is 3.39. The van der Waals surface area contributed by atoms with Gasteiger partial charge in [0.2, 0.25) is 5.88 Å². The molecular weight excluding hydrogens is 462 g/mol. The van der Waals surface area contributed by atoms with Crippen molar-refractivity contribution in [3.8, 4) is 11.6 Å². The zero-order valence-electron chi connectivity index (χ0n) is 17.0. The molecule has 3 heterocycles. The van der Waals surface area contributed by atoms with Crippen molar-refractivity contribution >= 4 is 27.7 Å². The molecule has 0 radical (unpaired) electrons. The van der Waals surface area contributed by atoms with Crippen LogP contribution in [0, 0.1) is 6.92 Å². The minimum absolute atomic E-state index is 0.00524. The van der Waals surface area contributed by atoms with Gasteiger partial charge in [0.15, 0.2) is 5.76 Å². The van der Waals surface area contributed by atoms with Crippen molar-refractivity contribution in [1.29, 1.82) is 0 Å². The van der Waals surface area contributed by atoms with E-state index in [1.54, 1.807) is 42.3 Å². The van der Waals surface area contributed by atoms with Gasteiger partial charge < -0.3 is 19.4 Å². The fraction of sp³-hybridized carbons (Fsp3) is 0.261. The summed E-state index contributed by atoms with van der Waals surface area (Å²) in [7, 11) is 0. The number of rotatable bonds is 5. The number of carbonyl (C=O) groups is 2. The second kappa shape index (κ2) is 9.34. The van der Waals surface area contributed by atoms with E-state index in [-0.39, 0.29) is 23.7 Å². The van der Waals surface area contributed by atoms with Gasteiger partial charge in [0.1, 0.15) is 17.1 Å². The average Bonchev–Trinajstić information content (AvgIpc) is 3.22. The van der Waals surface area contributed by atoms with Crippen molar-refractivity contribution in [1.82, 2.24) is 15.2 Å². The number of halogens is 1. The van der Waals surface area contributed by atoms with Crippen LogP contribution in [0.1, 0.15) is 39.5 Å². The number of carbonyl (C=O) groups excluding carboxylic acids is 2. The molecule has 0 unspecified atom stereocenters. The molecule has 8 heteroatoms. The minimum Gasteiger partial charge on any atom is -0.456 e. The molecule has 160 valence electrons. The quantitative estimate of drug-likeness (QED) is 0.574. The number of ether oxygens (including phenoxy) is 1. The molecule has 1 aliphatic rings. The third-order valence-electron chi connectivity index (χ3n) is 5.11. The zero-order chi connectivity index (χ0) is 21.8. The highest BCUT2D eigenvalue weighted by Gasteiger charge is 2.27. The summed E-state index contributed by atoms with van der Waals surface area (Å²) in [5.41, 5.74) is 0.416. The Hall–Kier alpha value is -3.13. The van der Waals surface area contributed by atoms with E-state index in [1.165, 1.54) is 0 Å². The summed E-state index contributed by atoms with van der Waals surface area (Å²) in [4.78, 5) is 31.4. The van der Waals surface area contributed by atoms with Gasteiger partial charge in [0.05, 0.1) is 0 Å². The Morgan fingerprint density at radius 3 is 2.55 bits per heavy atom. The van der Waals surface area contributed by atoms with Crippen molar-refractivity contribution in [2.75, 3.05) is 13.1 Å². The summed E-state index contributed by atoms with van der Waals surface area (Å²) in [6.45, 7) is 2.87. The highest BCUT2D eigenvalue weighted by molar-refractivity contribution is 9.10. The maximum Gasteiger partial charge on any atom is 0.287 e. The molecule has 1 aromatic carbocycles. The molecule has 2 amide bonds. The standard InChI is InChI=1S/C23H22BrN3O4/c1-15-4-9-20(30-15)21(28)26-17-10-13-27(14-11-17)23(29)19-3-2-12-25-22(19)31-18-7-5-16(24)6-8-18/h2-9,12,17H,10-11,13-14H2,1H3,(H,26,28). The predicted molar refractivity (Wildman–Crippen MR) is 118 cm³/mol. The lowest BCUT2D eigenvalue weighted by atomic mass is 10.0. The van der Waals surface area contributed by atoms with Gasteiger partial charge in [-0.3, -0.25) is 9.59 Å². The topological polar surface area (TPSA) is 84.7 Å². The van der Waals surface area contributed by atoms with Crippen LogP contribution in [0.4, 0.5) is 0 Å². The van der Waals surface area contributed by atoms with E-state index in [4.69, 9.17) is 9.15 Å². The minimum atomic E-state index is -0.227. The second-order valence-corrected chi connectivity index (χ2v) is 8.28. The van der Waals surface area contributed by atoms with Crippen LogP contribution < -0.4 is 10.1 Å². The zero-order valence-corrected chi connectivity index (χ0v) is 18.6. The highest BCUT2D eigenvalue weighted by Crippen LogP contribution is 2.26. The molecule has 2 aromatic heterocycles. The fourth-order valence-corrected chi connectivity index (χ4v) is 3.72. The van der Waals surface area contributed by atoms with Gasteiger partial charge in [0.25, 0.3) is 11.8 Å². The number of aromatic nitrogens is 1. The molecule has 0 atom stereocenters. The number of piperidine rings is 1. The van der Waals surface area contributed by atoms with Crippen LogP contribution in [0.3, 0.4) is 0 Å². The third-order valence-corrected chi connectivity index (χ3v) is 5.64. The molecule has 0 spiro atoms. The van der Waals surface area contributed by atoms with Crippen molar-refractivity contribution in [3.63, 3.8) is 0 Å². The lowest BCUT2D eigenvalue weighted by Gasteiger charge is -2.32. The number of benzene rings is 1. The van der Waals surface area contributed by atoms with Crippen LogP contribution >= 0.6 is 15.9 Å². The van der Waals surface area contributed by atoms with E-state index in [0.717, 1.165) is 4.47 Å². The molecule has 0 bridgehead atoms. The first-order valence-corrected chi connectivity index (χ1v) is 10.8. The Morgan fingerprint density at radius 2 is 1.87 bits per heavy atom. The first kappa shape index (κ1) is 21.1. The SMILES string of the molecule is Cc1ccc(C(=O)NC2CCN(C(=O)c3cccnc3Oc3ccc(Br)cc3)CC2)o1. The van der Waals surface area contributed by atoms with Crippen LogP contribution in [-0.2, 0) is 0 Å². The summed E-state index contributed by atoms with van der Waals surface area (Å²) in [6.07, 6.45) is 2.93. The fourth-order valence-electron chi connectivity index (χ4n) is 3.46.